The van der Waals surface area contributed by atoms with E-state index in [1.165, 1.54) is 22.3 Å². The molecule has 2 aromatic rings. The van der Waals surface area contributed by atoms with Gasteiger partial charge in [0.05, 0.1) is 0 Å². The largest absolute Gasteiger partial charge is 0.324 e. The molecule has 0 amide bonds. The van der Waals surface area contributed by atoms with Crippen LogP contribution in [0.3, 0.4) is 0 Å². The first-order valence-corrected chi connectivity index (χ1v) is 7.34. The molecule has 2 heteroatoms. The molecule has 0 saturated heterocycles. The molecule has 106 valence electrons. The van der Waals surface area contributed by atoms with Crippen LogP contribution in [0.15, 0.2) is 30.3 Å². The van der Waals surface area contributed by atoms with Crippen molar-refractivity contribution in [3.8, 4) is 0 Å². The molecular formula is C18H22ClN. The first kappa shape index (κ1) is 15.1. The number of halogens is 1. The fourth-order valence-corrected chi connectivity index (χ4v) is 2.72. The Balaban J connectivity index is 2.25. The SMILES string of the molecule is Cc1ccc(CC(N)c2cc(C)c(Cl)cc2C)cc1C. The van der Waals surface area contributed by atoms with E-state index in [9.17, 15) is 0 Å². The smallest absolute Gasteiger partial charge is 0.0438 e. The van der Waals surface area contributed by atoms with Crippen LogP contribution in [0.2, 0.25) is 5.02 Å². The van der Waals surface area contributed by atoms with Crippen molar-refractivity contribution >= 4 is 11.6 Å². The van der Waals surface area contributed by atoms with Gasteiger partial charge in [-0.3, -0.25) is 0 Å². The van der Waals surface area contributed by atoms with Crippen molar-refractivity contribution in [1.29, 1.82) is 0 Å². The highest BCUT2D eigenvalue weighted by atomic mass is 35.5. The third-order valence-electron chi connectivity index (χ3n) is 3.97. The molecule has 1 nitrogen and oxygen atoms in total. The van der Waals surface area contributed by atoms with Crippen molar-refractivity contribution < 1.29 is 0 Å². The van der Waals surface area contributed by atoms with Crippen LogP contribution in [-0.2, 0) is 6.42 Å². The summed E-state index contributed by atoms with van der Waals surface area (Å²) in [7, 11) is 0. The molecule has 2 N–H and O–H groups in total. The molecule has 0 spiro atoms. The summed E-state index contributed by atoms with van der Waals surface area (Å²) >= 11 is 6.15. The van der Waals surface area contributed by atoms with E-state index >= 15 is 0 Å². The van der Waals surface area contributed by atoms with Crippen molar-refractivity contribution in [2.45, 2.75) is 40.2 Å². The zero-order chi connectivity index (χ0) is 14.9. The maximum atomic E-state index is 6.39. The normalized spacial score (nSPS) is 12.5. The standard InChI is InChI=1S/C18H22ClN/c1-11-5-6-15(7-12(11)2)10-18(20)16-8-14(4)17(19)9-13(16)3/h5-9,18H,10,20H2,1-4H3. The summed E-state index contributed by atoms with van der Waals surface area (Å²) in [5, 5.41) is 0.810. The second-order valence-electron chi connectivity index (χ2n) is 5.69. The van der Waals surface area contributed by atoms with Gasteiger partial charge in [-0.2, -0.15) is 0 Å². The molecular weight excluding hydrogens is 266 g/mol. The Kier molecular flexibility index (Phi) is 4.52. The molecule has 20 heavy (non-hydrogen) atoms. The van der Waals surface area contributed by atoms with Gasteiger partial charge in [0.15, 0.2) is 0 Å². The van der Waals surface area contributed by atoms with Crippen molar-refractivity contribution in [2.24, 2.45) is 5.73 Å². The maximum absolute atomic E-state index is 6.39. The third-order valence-corrected chi connectivity index (χ3v) is 4.38. The van der Waals surface area contributed by atoms with Gasteiger partial charge in [-0.05, 0) is 73.6 Å². The highest BCUT2D eigenvalue weighted by Crippen LogP contribution is 2.26. The molecule has 0 fully saturated rings. The van der Waals surface area contributed by atoms with Crippen LogP contribution in [0.5, 0.6) is 0 Å². The number of rotatable bonds is 3. The molecule has 0 saturated carbocycles. The van der Waals surface area contributed by atoms with Gasteiger partial charge in [0, 0.05) is 11.1 Å². The topological polar surface area (TPSA) is 26.0 Å². The van der Waals surface area contributed by atoms with Crippen molar-refractivity contribution in [3.05, 3.63) is 68.7 Å². The Morgan fingerprint density at radius 3 is 2.25 bits per heavy atom. The van der Waals surface area contributed by atoms with Crippen LogP contribution in [0.4, 0.5) is 0 Å². The van der Waals surface area contributed by atoms with E-state index < -0.39 is 0 Å². The van der Waals surface area contributed by atoms with E-state index in [0.717, 1.165) is 22.6 Å². The molecule has 0 aliphatic heterocycles. The summed E-state index contributed by atoms with van der Waals surface area (Å²) in [5.74, 6) is 0. The first-order valence-electron chi connectivity index (χ1n) is 6.97. The second-order valence-corrected chi connectivity index (χ2v) is 6.09. The average Bonchev–Trinajstić information content (AvgIpc) is 2.38. The van der Waals surface area contributed by atoms with E-state index in [1.54, 1.807) is 0 Å². The number of nitrogens with two attached hydrogens (primary N) is 1. The fraction of sp³-hybridized carbons (Fsp3) is 0.333. The summed E-state index contributed by atoms with van der Waals surface area (Å²) in [4.78, 5) is 0. The zero-order valence-electron chi connectivity index (χ0n) is 12.6. The molecule has 0 aliphatic rings. The quantitative estimate of drug-likeness (QED) is 0.861. The van der Waals surface area contributed by atoms with E-state index in [2.05, 4.69) is 45.0 Å². The number of benzene rings is 2. The molecule has 2 rings (SSSR count). The Labute approximate surface area is 126 Å². The number of hydrogen-bond donors (Lipinski definition) is 1. The minimum Gasteiger partial charge on any atom is -0.324 e. The maximum Gasteiger partial charge on any atom is 0.0438 e. The fourth-order valence-electron chi connectivity index (χ4n) is 2.50. The molecule has 0 heterocycles. The van der Waals surface area contributed by atoms with Gasteiger partial charge in [-0.15, -0.1) is 0 Å². The van der Waals surface area contributed by atoms with Crippen LogP contribution < -0.4 is 5.73 Å². The second kappa shape index (κ2) is 5.99. The lowest BCUT2D eigenvalue weighted by atomic mass is 9.93. The lowest BCUT2D eigenvalue weighted by Crippen LogP contribution is -2.15. The van der Waals surface area contributed by atoms with Crippen molar-refractivity contribution in [2.75, 3.05) is 0 Å². The minimum absolute atomic E-state index is 0.00747. The number of hydrogen-bond acceptors (Lipinski definition) is 1. The molecule has 0 bridgehead atoms. The molecule has 0 radical (unpaired) electrons. The van der Waals surface area contributed by atoms with Gasteiger partial charge in [0.1, 0.15) is 0 Å². The monoisotopic (exact) mass is 287 g/mol. The van der Waals surface area contributed by atoms with Gasteiger partial charge in [-0.25, -0.2) is 0 Å². The lowest BCUT2D eigenvalue weighted by molar-refractivity contribution is 0.715. The van der Waals surface area contributed by atoms with Crippen molar-refractivity contribution in [1.82, 2.24) is 0 Å². The first-order chi connectivity index (χ1) is 9.38. The molecule has 2 aromatic carbocycles. The van der Waals surface area contributed by atoms with Crippen LogP contribution in [0.25, 0.3) is 0 Å². The number of aryl methyl sites for hydroxylation is 4. The minimum atomic E-state index is 0.00747. The van der Waals surface area contributed by atoms with E-state index in [-0.39, 0.29) is 6.04 Å². The molecule has 1 atom stereocenters. The Bertz CT molecular complexity index is 632. The van der Waals surface area contributed by atoms with Crippen LogP contribution in [0, 0.1) is 27.7 Å². The average molecular weight is 288 g/mol. The summed E-state index contributed by atoms with van der Waals surface area (Å²) in [6.45, 7) is 8.36. The van der Waals surface area contributed by atoms with Gasteiger partial charge in [-0.1, -0.05) is 35.9 Å². The predicted octanol–water partition coefficient (Wildman–Crippen LogP) is 4.82. The third kappa shape index (κ3) is 3.23. The lowest BCUT2D eigenvalue weighted by Gasteiger charge is -2.17. The van der Waals surface area contributed by atoms with Gasteiger partial charge >= 0.3 is 0 Å². The van der Waals surface area contributed by atoms with Gasteiger partial charge in [0.25, 0.3) is 0 Å². The van der Waals surface area contributed by atoms with Crippen LogP contribution >= 0.6 is 11.6 Å². The highest BCUT2D eigenvalue weighted by molar-refractivity contribution is 6.31. The van der Waals surface area contributed by atoms with Crippen molar-refractivity contribution in [3.63, 3.8) is 0 Å². The Morgan fingerprint density at radius 2 is 1.60 bits per heavy atom. The van der Waals surface area contributed by atoms with E-state index in [4.69, 9.17) is 17.3 Å². The summed E-state index contributed by atoms with van der Waals surface area (Å²) in [6, 6.07) is 10.7. The predicted molar refractivity (Wildman–Crippen MR) is 87.5 cm³/mol. The highest BCUT2D eigenvalue weighted by Gasteiger charge is 2.12. The summed E-state index contributed by atoms with van der Waals surface area (Å²) < 4.78 is 0. The van der Waals surface area contributed by atoms with Crippen LogP contribution in [0.1, 0.15) is 39.4 Å². The summed E-state index contributed by atoms with van der Waals surface area (Å²) in [5.41, 5.74) is 13.8. The Morgan fingerprint density at radius 1 is 0.900 bits per heavy atom. The Hall–Kier alpha value is -1.31. The molecule has 0 aliphatic carbocycles. The molecule has 0 aromatic heterocycles. The zero-order valence-corrected chi connectivity index (χ0v) is 13.4. The van der Waals surface area contributed by atoms with Crippen LogP contribution in [-0.4, -0.2) is 0 Å². The van der Waals surface area contributed by atoms with Gasteiger partial charge in [0.2, 0.25) is 0 Å². The van der Waals surface area contributed by atoms with E-state index in [1.807, 2.05) is 13.0 Å². The van der Waals surface area contributed by atoms with Gasteiger partial charge < -0.3 is 5.73 Å². The van der Waals surface area contributed by atoms with E-state index in [0.29, 0.717) is 0 Å². The summed E-state index contributed by atoms with van der Waals surface area (Å²) in [6.07, 6.45) is 0.850. The molecule has 1 unspecified atom stereocenters.